The minimum atomic E-state index is -0.635. The van der Waals surface area contributed by atoms with Crippen molar-refractivity contribution in [3.05, 3.63) is 65.2 Å². The highest BCUT2D eigenvalue weighted by molar-refractivity contribution is 5.80. The molecule has 0 fully saturated rings. The number of benzene rings is 2. The molecule has 2 aromatic carbocycles. The molecule has 0 aliphatic carbocycles. The first-order valence-electron chi connectivity index (χ1n) is 10.1. The molecule has 2 N–H and O–H groups in total. The van der Waals surface area contributed by atoms with Crippen LogP contribution in [-0.2, 0) is 16.0 Å². The Labute approximate surface area is 172 Å². The van der Waals surface area contributed by atoms with Crippen molar-refractivity contribution in [2.24, 2.45) is 0 Å². The van der Waals surface area contributed by atoms with Crippen LogP contribution < -0.4 is 10.1 Å². The Kier molecular flexibility index (Phi) is 7.63. The summed E-state index contributed by atoms with van der Waals surface area (Å²) in [7, 11) is 1.54. The zero-order valence-electron chi connectivity index (χ0n) is 17.1. The molecule has 0 saturated heterocycles. The molecule has 29 heavy (non-hydrogen) atoms. The van der Waals surface area contributed by atoms with Gasteiger partial charge in [-0.25, -0.2) is 0 Å². The first kappa shape index (κ1) is 21.3. The van der Waals surface area contributed by atoms with Crippen LogP contribution in [0.2, 0.25) is 0 Å². The Balaban J connectivity index is 1.85. The number of fused-ring (bicyclic) bond motifs is 1. The minimum absolute atomic E-state index is 0.000390. The van der Waals surface area contributed by atoms with E-state index in [1.165, 1.54) is 5.56 Å². The second-order valence-corrected chi connectivity index (χ2v) is 7.15. The number of nitrogens with zero attached hydrogens (tertiary/aromatic N) is 1. The largest absolute Gasteiger partial charge is 0.494 e. The molecular formula is C23H30N2O4. The summed E-state index contributed by atoms with van der Waals surface area (Å²) in [5.74, 6) is 0.804. The number of amides is 1. The fraction of sp³-hybridized carbons (Fsp3) is 0.435. The predicted molar refractivity (Wildman–Crippen MR) is 112 cm³/mol. The van der Waals surface area contributed by atoms with Gasteiger partial charge in [-0.3, -0.25) is 4.79 Å². The highest BCUT2D eigenvalue weighted by Crippen LogP contribution is 2.39. The molecule has 6 heteroatoms. The lowest BCUT2D eigenvalue weighted by molar-refractivity contribution is -0.132. The van der Waals surface area contributed by atoms with Gasteiger partial charge in [0.15, 0.2) is 0 Å². The van der Waals surface area contributed by atoms with E-state index in [0.29, 0.717) is 19.7 Å². The van der Waals surface area contributed by atoms with Crippen molar-refractivity contribution in [3.63, 3.8) is 0 Å². The second-order valence-electron chi connectivity index (χ2n) is 7.15. The van der Waals surface area contributed by atoms with Crippen LogP contribution in [0.25, 0.3) is 0 Å². The van der Waals surface area contributed by atoms with Crippen molar-refractivity contribution in [1.29, 1.82) is 0 Å². The lowest BCUT2D eigenvalue weighted by Gasteiger charge is -2.38. The summed E-state index contributed by atoms with van der Waals surface area (Å²) >= 11 is 0. The van der Waals surface area contributed by atoms with Gasteiger partial charge in [-0.05, 0) is 30.5 Å². The van der Waals surface area contributed by atoms with Crippen molar-refractivity contribution >= 4 is 5.91 Å². The van der Waals surface area contributed by atoms with Crippen LogP contribution >= 0.6 is 0 Å². The van der Waals surface area contributed by atoms with Gasteiger partial charge in [0.05, 0.1) is 31.9 Å². The molecule has 2 aromatic rings. The molecule has 0 aromatic heterocycles. The van der Waals surface area contributed by atoms with Crippen LogP contribution in [0.4, 0.5) is 0 Å². The molecule has 6 nitrogen and oxygen atoms in total. The Morgan fingerprint density at radius 2 is 1.93 bits per heavy atom. The fourth-order valence-corrected chi connectivity index (χ4v) is 3.86. The summed E-state index contributed by atoms with van der Waals surface area (Å²) < 4.78 is 10.8. The average Bonchev–Trinajstić information content (AvgIpc) is 2.74. The maximum absolute atomic E-state index is 13.1. The normalized spacial score (nSPS) is 16.9. The van der Waals surface area contributed by atoms with Gasteiger partial charge < -0.3 is 24.8 Å². The Morgan fingerprint density at radius 1 is 1.21 bits per heavy atom. The number of ether oxygens (including phenoxy) is 2. The number of hydrogen-bond donors (Lipinski definition) is 2. The van der Waals surface area contributed by atoms with Crippen LogP contribution in [-0.4, -0.2) is 62.0 Å². The monoisotopic (exact) mass is 398 g/mol. The third-order valence-electron chi connectivity index (χ3n) is 5.13. The van der Waals surface area contributed by atoms with Crippen molar-refractivity contribution in [3.8, 4) is 5.75 Å². The van der Waals surface area contributed by atoms with Crippen LogP contribution in [0.3, 0.4) is 0 Å². The van der Waals surface area contributed by atoms with E-state index in [2.05, 4.69) is 17.4 Å². The van der Waals surface area contributed by atoms with Crippen LogP contribution in [0.15, 0.2) is 48.5 Å². The summed E-state index contributed by atoms with van der Waals surface area (Å²) in [6, 6.07) is 16.0. The molecule has 1 aliphatic rings. The second kappa shape index (κ2) is 10.4. The summed E-state index contributed by atoms with van der Waals surface area (Å²) in [6.07, 6.45) is 0.186. The van der Waals surface area contributed by atoms with Gasteiger partial charge in [0.1, 0.15) is 5.75 Å². The number of nitrogens with one attached hydrogen (secondary N) is 1. The van der Waals surface area contributed by atoms with E-state index in [4.69, 9.17) is 9.47 Å². The Morgan fingerprint density at radius 3 is 2.69 bits per heavy atom. The van der Waals surface area contributed by atoms with Gasteiger partial charge in [0.25, 0.3) is 0 Å². The molecule has 1 aliphatic heterocycles. The Bertz CT molecular complexity index is 811. The quantitative estimate of drug-likeness (QED) is 0.677. The maximum Gasteiger partial charge on any atom is 0.237 e. The summed E-state index contributed by atoms with van der Waals surface area (Å²) in [5, 5.41) is 12.8. The van der Waals surface area contributed by atoms with Crippen molar-refractivity contribution < 1.29 is 19.4 Å². The van der Waals surface area contributed by atoms with Gasteiger partial charge in [0.2, 0.25) is 5.91 Å². The molecule has 0 bridgehead atoms. The van der Waals surface area contributed by atoms with E-state index in [-0.39, 0.29) is 25.1 Å². The topological polar surface area (TPSA) is 71.0 Å². The molecule has 0 saturated carbocycles. The molecule has 1 amide bonds. The number of rotatable bonds is 9. The van der Waals surface area contributed by atoms with Crippen molar-refractivity contribution in [1.82, 2.24) is 10.2 Å². The lowest BCUT2D eigenvalue weighted by atomic mass is 9.87. The number of aliphatic hydroxyl groups excluding tert-OH is 1. The first-order valence-corrected chi connectivity index (χ1v) is 10.1. The highest BCUT2D eigenvalue weighted by Gasteiger charge is 2.33. The molecular weight excluding hydrogens is 368 g/mol. The van der Waals surface area contributed by atoms with E-state index in [1.807, 2.05) is 48.2 Å². The van der Waals surface area contributed by atoms with E-state index < -0.39 is 6.10 Å². The van der Waals surface area contributed by atoms with E-state index in [1.54, 1.807) is 7.11 Å². The highest BCUT2D eigenvalue weighted by atomic mass is 16.5. The van der Waals surface area contributed by atoms with Crippen molar-refractivity contribution in [2.75, 3.05) is 40.0 Å². The summed E-state index contributed by atoms with van der Waals surface area (Å²) in [4.78, 5) is 15.0. The SMILES string of the molecule is CCOc1ccccc1C1c2ccccc2CCN1C(=O)CNC[C@H](O)COC. The summed E-state index contributed by atoms with van der Waals surface area (Å²) in [6.45, 7) is 3.88. The van der Waals surface area contributed by atoms with Gasteiger partial charge in [-0.2, -0.15) is 0 Å². The fourth-order valence-electron chi connectivity index (χ4n) is 3.86. The smallest absolute Gasteiger partial charge is 0.237 e. The number of aliphatic hydroxyl groups is 1. The van der Waals surface area contributed by atoms with Crippen LogP contribution in [0.5, 0.6) is 5.75 Å². The third kappa shape index (κ3) is 5.15. The number of hydrogen-bond acceptors (Lipinski definition) is 5. The number of methoxy groups -OCH3 is 1. The van der Waals surface area contributed by atoms with Gasteiger partial charge in [0, 0.05) is 25.8 Å². The third-order valence-corrected chi connectivity index (χ3v) is 5.13. The first-order chi connectivity index (χ1) is 14.2. The van der Waals surface area contributed by atoms with Gasteiger partial charge in [-0.1, -0.05) is 42.5 Å². The zero-order chi connectivity index (χ0) is 20.6. The zero-order valence-corrected chi connectivity index (χ0v) is 17.1. The Hall–Kier alpha value is -2.41. The number of carbonyl (C=O) groups excluding carboxylic acids is 1. The number of carbonyl (C=O) groups is 1. The lowest BCUT2D eigenvalue weighted by Crippen LogP contribution is -2.45. The maximum atomic E-state index is 13.1. The van der Waals surface area contributed by atoms with E-state index in [9.17, 15) is 9.90 Å². The van der Waals surface area contributed by atoms with Crippen LogP contribution in [0, 0.1) is 0 Å². The molecule has 0 spiro atoms. The van der Waals surface area contributed by atoms with Gasteiger partial charge >= 0.3 is 0 Å². The van der Waals surface area contributed by atoms with Crippen LogP contribution in [0.1, 0.15) is 29.7 Å². The molecule has 156 valence electrons. The van der Waals surface area contributed by atoms with E-state index in [0.717, 1.165) is 23.3 Å². The minimum Gasteiger partial charge on any atom is -0.494 e. The predicted octanol–water partition coefficient (Wildman–Crippen LogP) is 2.16. The van der Waals surface area contributed by atoms with Gasteiger partial charge in [-0.15, -0.1) is 0 Å². The average molecular weight is 399 g/mol. The molecule has 1 heterocycles. The standard InChI is InChI=1S/C23H30N2O4/c1-3-29-21-11-7-6-10-20(21)23-19-9-5-4-8-17(19)12-13-25(23)22(27)15-24-14-18(26)16-28-2/h4-11,18,23-24,26H,3,12-16H2,1-2H3/t18-,23?/m0/s1. The molecule has 3 rings (SSSR count). The van der Waals surface area contributed by atoms with E-state index >= 15 is 0 Å². The molecule has 1 unspecified atom stereocenters. The number of para-hydroxylation sites is 1. The summed E-state index contributed by atoms with van der Waals surface area (Å²) in [5.41, 5.74) is 3.39. The molecule has 0 radical (unpaired) electrons. The molecule has 2 atom stereocenters. The van der Waals surface area contributed by atoms with Crippen molar-refractivity contribution in [2.45, 2.75) is 25.5 Å².